The Morgan fingerprint density at radius 1 is 1.30 bits per heavy atom. The highest BCUT2D eigenvalue weighted by molar-refractivity contribution is 5.99. The number of nitrogens with one attached hydrogen (secondary N) is 1. The van der Waals surface area contributed by atoms with Crippen LogP contribution in [0.5, 0.6) is 5.75 Å². The lowest BCUT2D eigenvalue weighted by molar-refractivity contribution is -0.387. The number of rotatable bonds is 7. The molecule has 10 nitrogen and oxygen atoms in total. The van der Waals surface area contributed by atoms with Crippen molar-refractivity contribution in [3.05, 3.63) is 75.9 Å². The fourth-order valence-corrected chi connectivity index (χ4v) is 4.53. The monoisotopic (exact) mass is 503 g/mol. The first-order valence-corrected chi connectivity index (χ1v) is 11.4. The van der Waals surface area contributed by atoms with Gasteiger partial charge in [0.05, 0.1) is 36.0 Å². The molecule has 0 amide bonds. The zero-order valence-corrected chi connectivity index (χ0v) is 20.0. The number of nitrogens with zero attached hydrogens (tertiary/aromatic N) is 4. The second kappa shape index (κ2) is 9.69. The van der Waals surface area contributed by atoms with E-state index in [2.05, 4.69) is 20.9 Å². The number of nitro benzene ring substituents is 1. The third-order valence-electron chi connectivity index (χ3n) is 6.21. The van der Waals surface area contributed by atoms with Gasteiger partial charge in [-0.15, -0.1) is 0 Å². The van der Waals surface area contributed by atoms with Crippen LogP contribution in [0.15, 0.2) is 48.8 Å². The van der Waals surface area contributed by atoms with E-state index >= 15 is 0 Å². The highest BCUT2D eigenvalue weighted by Crippen LogP contribution is 2.38. The summed E-state index contributed by atoms with van der Waals surface area (Å²) in [5.41, 5.74) is 3.74. The van der Waals surface area contributed by atoms with E-state index in [1.165, 1.54) is 32.1 Å². The van der Waals surface area contributed by atoms with Crippen molar-refractivity contribution in [1.82, 2.24) is 14.5 Å². The molecule has 0 unspecified atom stereocenters. The van der Waals surface area contributed by atoms with Gasteiger partial charge in [0, 0.05) is 53.7 Å². The Labute approximate surface area is 210 Å². The molecule has 0 atom stereocenters. The predicted molar refractivity (Wildman–Crippen MR) is 135 cm³/mol. The maximum atomic E-state index is 14.1. The van der Waals surface area contributed by atoms with Crippen molar-refractivity contribution in [1.29, 1.82) is 0 Å². The largest absolute Gasteiger partial charge is 0.494 e. The van der Waals surface area contributed by atoms with Crippen molar-refractivity contribution in [3.63, 3.8) is 0 Å². The lowest BCUT2D eigenvalue weighted by Crippen LogP contribution is -2.05. The summed E-state index contributed by atoms with van der Waals surface area (Å²) >= 11 is 0. The van der Waals surface area contributed by atoms with Gasteiger partial charge in [-0.05, 0) is 24.5 Å². The lowest BCUT2D eigenvalue weighted by atomic mass is 10.0. The number of aryl methyl sites for hydroxylation is 2. The highest BCUT2D eigenvalue weighted by atomic mass is 19.1. The summed E-state index contributed by atoms with van der Waals surface area (Å²) in [7, 11) is 2.61. The van der Waals surface area contributed by atoms with Crippen LogP contribution in [0.1, 0.15) is 17.5 Å². The van der Waals surface area contributed by atoms with Gasteiger partial charge in [-0.2, -0.15) is 4.39 Å². The van der Waals surface area contributed by atoms with Crippen LogP contribution in [0, 0.1) is 15.9 Å². The zero-order valence-electron chi connectivity index (χ0n) is 20.0. The summed E-state index contributed by atoms with van der Waals surface area (Å²) in [5, 5.41) is 15.2. The Bertz CT molecular complexity index is 1580. The maximum absolute atomic E-state index is 14.1. The van der Waals surface area contributed by atoms with E-state index < -0.39 is 22.4 Å². The summed E-state index contributed by atoms with van der Waals surface area (Å²) in [5.74, 6) is -1.39. The molecule has 1 aliphatic heterocycles. The number of anilines is 2. The van der Waals surface area contributed by atoms with Crippen molar-refractivity contribution < 1.29 is 23.6 Å². The van der Waals surface area contributed by atoms with Gasteiger partial charge in [0.2, 0.25) is 11.8 Å². The molecule has 5 rings (SSSR count). The average molecular weight is 503 g/mol. The summed E-state index contributed by atoms with van der Waals surface area (Å²) in [6.07, 6.45) is 8.41. The highest BCUT2D eigenvalue weighted by Gasteiger charge is 2.22. The number of hydrogen-bond acceptors (Lipinski definition) is 8. The van der Waals surface area contributed by atoms with Crippen molar-refractivity contribution in [3.8, 4) is 17.0 Å². The molecule has 0 radical (unpaired) electrons. The van der Waals surface area contributed by atoms with Gasteiger partial charge >= 0.3 is 11.7 Å². The van der Waals surface area contributed by atoms with Crippen LogP contribution in [0.3, 0.4) is 0 Å². The number of hydrogen-bond donors (Lipinski definition) is 1. The number of carbonyl (C=O) groups excluding carboxylic acids is 1. The smallest absolute Gasteiger partial charge is 0.330 e. The van der Waals surface area contributed by atoms with Gasteiger partial charge in [-0.3, -0.25) is 10.1 Å². The summed E-state index contributed by atoms with van der Waals surface area (Å²) in [6.45, 7) is 0.869. The molecule has 11 heteroatoms. The van der Waals surface area contributed by atoms with Gasteiger partial charge in [-0.25, -0.2) is 14.8 Å². The second-order valence-electron chi connectivity index (χ2n) is 8.39. The minimum Gasteiger partial charge on any atom is -0.494 e. The normalized spacial score (nSPS) is 12.6. The minimum atomic E-state index is -1.02. The number of para-hydroxylation sites is 1. The molecule has 4 aromatic rings. The molecule has 3 heterocycles. The summed E-state index contributed by atoms with van der Waals surface area (Å²) in [4.78, 5) is 31.3. The molecule has 188 valence electrons. The standard InChI is InChI=1S/C26H22FN5O5/c1-36-22-11-19(27)21(32(34)35)12-20(22)29-26-28-13-16(8-9-23(33)37-2)24(30-26)18-14-31-10-4-6-15-5-3-7-17(18)25(15)31/h3,5,7-9,11-14H,4,6,10H2,1-2H3,(H,28,29,30). The molecule has 2 aromatic heterocycles. The Hall–Kier alpha value is -4.80. The first-order valence-electron chi connectivity index (χ1n) is 11.4. The molecule has 2 aromatic carbocycles. The van der Waals surface area contributed by atoms with Crippen molar-refractivity contribution in [2.45, 2.75) is 19.4 Å². The van der Waals surface area contributed by atoms with Crippen molar-refractivity contribution in [2.75, 3.05) is 19.5 Å². The fourth-order valence-electron chi connectivity index (χ4n) is 4.53. The first-order chi connectivity index (χ1) is 17.9. The molecular weight excluding hydrogens is 481 g/mol. The van der Waals surface area contributed by atoms with Crippen LogP contribution in [0.4, 0.5) is 21.7 Å². The van der Waals surface area contributed by atoms with Crippen LogP contribution in [-0.4, -0.2) is 39.6 Å². The molecule has 0 saturated heterocycles. The van der Waals surface area contributed by atoms with Gasteiger partial charge < -0.3 is 19.4 Å². The maximum Gasteiger partial charge on any atom is 0.330 e. The van der Waals surface area contributed by atoms with Gasteiger partial charge in [-0.1, -0.05) is 18.2 Å². The Balaban J connectivity index is 1.65. The SMILES string of the molecule is COC(=O)C=Cc1cnc(Nc2cc([N+](=O)[O-])c(F)cc2OC)nc1-c1cn2c3c(cccc13)CCC2. The molecule has 0 aliphatic carbocycles. The van der Waals surface area contributed by atoms with E-state index in [1.54, 1.807) is 6.08 Å². The molecule has 0 spiro atoms. The van der Waals surface area contributed by atoms with Crippen LogP contribution in [0.2, 0.25) is 0 Å². The van der Waals surface area contributed by atoms with Crippen molar-refractivity contribution in [2.24, 2.45) is 0 Å². The number of carbonyl (C=O) groups is 1. The number of aromatic nitrogens is 3. The third-order valence-corrected chi connectivity index (χ3v) is 6.21. The zero-order chi connectivity index (χ0) is 26.1. The van der Waals surface area contributed by atoms with E-state index in [1.807, 2.05) is 18.3 Å². The quantitative estimate of drug-likeness (QED) is 0.161. The average Bonchev–Trinajstić information content (AvgIpc) is 3.28. The predicted octanol–water partition coefficient (Wildman–Crippen LogP) is 5.03. The topological polar surface area (TPSA) is 121 Å². The summed E-state index contributed by atoms with van der Waals surface area (Å²) in [6, 6.07) is 8.10. The first kappa shape index (κ1) is 23.9. The van der Waals surface area contributed by atoms with Crippen LogP contribution < -0.4 is 10.1 Å². The van der Waals surface area contributed by atoms with E-state index in [9.17, 15) is 19.3 Å². The van der Waals surface area contributed by atoms with Crippen LogP contribution in [-0.2, 0) is 22.5 Å². The van der Waals surface area contributed by atoms with Gasteiger partial charge in [0.25, 0.3) is 0 Å². The number of benzene rings is 2. The minimum absolute atomic E-state index is 0.0510. The number of nitro groups is 1. The van der Waals surface area contributed by atoms with Gasteiger partial charge in [0.1, 0.15) is 5.75 Å². The van der Waals surface area contributed by atoms with E-state index in [4.69, 9.17) is 14.5 Å². The number of esters is 1. The van der Waals surface area contributed by atoms with Crippen LogP contribution >= 0.6 is 0 Å². The van der Waals surface area contributed by atoms with Crippen LogP contribution in [0.25, 0.3) is 28.2 Å². The lowest BCUT2D eigenvalue weighted by Gasteiger charge is -2.14. The third kappa shape index (κ3) is 4.46. The summed E-state index contributed by atoms with van der Waals surface area (Å²) < 4.78 is 26.2. The number of ether oxygens (including phenoxy) is 2. The molecule has 0 fully saturated rings. The number of halogens is 1. The molecule has 1 N–H and O–H groups in total. The van der Waals surface area contributed by atoms with E-state index in [0.29, 0.717) is 11.3 Å². The van der Waals surface area contributed by atoms with Gasteiger partial charge in [0.15, 0.2) is 0 Å². The molecule has 0 bridgehead atoms. The molecule has 1 aliphatic rings. The Kier molecular flexibility index (Phi) is 6.26. The fraction of sp³-hybridized carbons (Fsp3) is 0.192. The van der Waals surface area contributed by atoms with E-state index in [0.717, 1.165) is 48.0 Å². The Morgan fingerprint density at radius 3 is 2.89 bits per heavy atom. The van der Waals surface area contributed by atoms with Crippen molar-refractivity contribution >= 4 is 40.3 Å². The van der Waals surface area contributed by atoms with E-state index in [-0.39, 0.29) is 17.4 Å². The molecule has 0 saturated carbocycles. The second-order valence-corrected chi connectivity index (χ2v) is 8.39. The Morgan fingerprint density at radius 2 is 2.14 bits per heavy atom. The molecule has 37 heavy (non-hydrogen) atoms. The molecular formula is C26H22FN5O5. The number of methoxy groups -OCH3 is 2.